The Kier molecular flexibility index (Phi) is 13.5. The number of methoxy groups -OCH3 is 1. The van der Waals surface area contributed by atoms with Gasteiger partial charge >= 0.3 is 5.97 Å². The summed E-state index contributed by atoms with van der Waals surface area (Å²) in [6.45, 7) is 18.8. The highest BCUT2D eigenvalue weighted by Gasteiger charge is 2.53. The minimum absolute atomic E-state index is 0.00245. The van der Waals surface area contributed by atoms with Crippen molar-refractivity contribution in [2.45, 2.75) is 104 Å². The number of cyclic esters (lactones) is 1. The predicted octanol–water partition coefficient (Wildman–Crippen LogP) is 4.60. The Bertz CT molecular complexity index is 2720. The summed E-state index contributed by atoms with van der Waals surface area (Å²) < 4.78 is 33.9. The molecule has 7 aliphatic rings. The number of carbonyl (C=O) groups is 3. The number of pyridine rings is 1. The number of thiazole rings is 1. The average molecular weight is 962 g/mol. The summed E-state index contributed by atoms with van der Waals surface area (Å²) in [6, 6.07) is 6.68. The minimum Gasteiger partial charge on any atom is -0.464 e. The fourth-order valence-corrected chi connectivity index (χ4v) is 11.7. The number of amides is 2. The maximum Gasteiger partial charge on any atom is 0.325 e. The molecule has 6 atom stereocenters. The van der Waals surface area contributed by atoms with Crippen molar-refractivity contribution in [2.24, 2.45) is 17.3 Å². The Morgan fingerprint density at radius 3 is 2.58 bits per heavy atom. The number of fused-ring (bicyclic) bond motifs is 4. The summed E-state index contributed by atoms with van der Waals surface area (Å²) in [5, 5.41) is 8.42. The first-order valence-corrected chi connectivity index (χ1v) is 25.6. The van der Waals surface area contributed by atoms with Crippen LogP contribution in [0.4, 0.5) is 0 Å². The van der Waals surface area contributed by atoms with Gasteiger partial charge in [0.1, 0.15) is 25.4 Å². The third kappa shape index (κ3) is 9.25. The number of aromatic nitrogens is 3. The van der Waals surface area contributed by atoms with E-state index in [0.717, 1.165) is 63.3 Å². The van der Waals surface area contributed by atoms with Gasteiger partial charge in [0.05, 0.1) is 55.7 Å². The lowest BCUT2D eigenvalue weighted by Crippen LogP contribution is -2.72. The highest BCUT2D eigenvalue weighted by Crippen LogP contribution is 2.43. The lowest BCUT2D eigenvalue weighted by atomic mass is 9.73. The molecule has 4 aromatic rings. The largest absolute Gasteiger partial charge is 0.464 e. The second kappa shape index (κ2) is 19.6. The summed E-state index contributed by atoms with van der Waals surface area (Å²) in [4.78, 5) is 56.3. The van der Waals surface area contributed by atoms with E-state index in [-0.39, 0.29) is 48.4 Å². The molecule has 0 radical (unpaired) electrons. The number of morpholine rings is 2. The van der Waals surface area contributed by atoms with Gasteiger partial charge in [-0.1, -0.05) is 38.7 Å². The Hall–Kier alpha value is -5.06. The molecule has 3 aromatic heterocycles. The molecule has 1 aromatic carbocycles. The molecule has 366 valence electrons. The van der Waals surface area contributed by atoms with E-state index >= 15 is 4.79 Å². The summed E-state index contributed by atoms with van der Waals surface area (Å²) >= 11 is 1.45. The molecule has 5 saturated heterocycles. The molecule has 0 unspecified atom stereocenters. The van der Waals surface area contributed by atoms with Crippen LogP contribution >= 0.6 is 11.3 Å². The van der Waals surface area contributed by atoms with Crippen molar-refractivity contribution in [1.29, 1.82) is 0 Å². The lowest BCUT2D eigenvalue weighted by Gasteiger charge is -2.53. The molecule has 2 N–H and O–H groups in total. The fourth-order valence-electron chi connectivity index (χ4n) is 10.8. The topological polar surface area (TPSA) is 162 Å². The van der Waals surface area contributed by atoms with Gasteiger partial charge in [0.15, 0.2) is 24.1 Å². The first-order chi connectivity index (χ1) is 33.3. The number of benzene rings is 1. The summed E-state index contributed by atoms with van der Waals surface area (Å²) in [6.07, 6.45) is 2.70. The molecule has 2 amide bonds. The van der Waals surface area contributed by atoms with Gasteiger partial charge in [-0.15, -0.1) is 11.3 Å². The van der Waals surface area contributed by atoms with Gasteiger partial charge in [-0.25, -0.2) is 15.0 Å². The van der Waals surface area contributed by atoms with Gasteiger partial charge in [-0.05, 0) is 69.7 Å². The minimum atomic E-state index is -1.12. The third-order valence-corrected chi connectivity index (χ3v) is 15.8. The van der Waals surface area contributed by atoms with Crippen LogP contribution in [0.5, 0.6) is 0 Å². The fraction of sp³-hybridized carbons (Fsp3) is 0.577. The smallest absolute Gasteiger partial charge is 0.325 e. The molecule has 16 nitrogen and oxygen atoms in total. The van der Waals surface area contributed by atoms with Gasteiger partial charge in [0.25, 0.3) is 11.8 Å². The number of nitrogens with one attached hydrogen (secondary N) is 2. The van der Waals surface area contributed by atoms with Crippen molar-refractivity contribution in [1.82, 2.24) is 35.2 Å². The van der Waals surface area contributed by atoms with Crippen LogP contribution in [0.15, 0.2) is 35.8 Å². The van der Waals surface area contributed by atoms with E-state index in [1.165, 1.54) is 11.3 Å². The van der Waals surface area contributed by atoms with Crippen LogP contribution in [0.3, 0.4) is 0 Å². The molecule has 11 rings (SSSR count). The number of rotatable bonds is 7. The highest BCUT2D eigenvalue weighted by molar-refractivity contribution is 7.12. The summed E-state index contributed by atoms with van der Waals surface area (Å²) in [5.74, 6) is 5.86. The van der Waals surface area contributed by atoms with Gasteiger partial charge in [0.2, 0.25) is 5.71 Å². The monoisotopic (exact) mass is 961 g/mol. The number of carbonyl (C=O) groups excluding carboxylic acids is 3. The molecule has 69 heavy (non-hydrogen) atoms. The second-order valence-corrected chi connectivity index (χ2v) is 21.1. The quantitative estimate of drug-likeness (QED) is 0.151. The van der Waals surface area contributed by atoms with E-state index < -0.39 is 29.6 Å². The summed E-state index contributed by atoms with van der Waals surface area (Å²) in [5.41, 5.74) is 10.7. The standard InChI is InChI=1S/C52H64N8O8S/c1-8-59-41-12-11-34-24-37(41)39(45(59)38-21-33(26-53-42(38)32(4)64-7)10-9-31(3)57-13-17-65-18-14-57)25-52(5,6)29-68-51(63)43-35-22-36(23-35)60(56-43)50(62)44(55-48(61)47-30(2)27-67-47)46(49-54-40(34)28-69-49)58-15-19-66-20-16-58/h11-12,21,24,26,28,30-32,35-36,43-44,47,56H,8,13-20,22-23,25,27,29H2,1-7H3/p+1/t30-,31+,32-,35?,36?,43-,44-,47-/m0/s1. The zero-order valence-electron chi connectivity index (χ0n) is 40.8. The van der Waals surface area contributed by atoms with E-state index in [4.69, 9.17) is 33.7 Å². The lowest BCUT2D eigenvalue weighted by molar-refractivity contribution is -0.550. The molecule has 17 heteroatoms. The third-order valence-electron chi connectivity index (χ3n) is 14.9. The van der Waals surface area contributed by atoms with Crippen molar-refractivity contribution in [3.05, 3.63) is 57.7 Å². The Morgan fingerprint density at radius 2 is 1.87 bits per heavy atom. The van der Waals surface area contributed by atoms with Crippen LogP contribution in [0.1, 0.15) is 82.3 Å². The van der Waals surface area contributed by atoms with Crippen LogP contribution < -0.4 is 10.7 Å². The number of nitrogens with zero attached hydrogens (tertiary/aromatic N) is 6. The van der Waals surface area contributed by atoms with E-state index in [9.17, 15) is 9.59 Å². The van der Waals surface area contributed by atoms with Crippen LogP contribution in [-0.2, 0) is 51.0 Å². The molecule has 9 heterocycles. The maximum atomic E-state index is 15.2. The molecule has 1 aliphatic carbocycles. The van der Waals surface area contributed by atoms with Crippen molar-refractivity contribution in [3.8, 4) is 34.4 Å². The van der Waals surface area contributed by atoms with Crippen LogP contribution in [0, 0.1) is 29.1 Å². The van der Waals surface area contributed by atoms with Crippen molar-refractivity contribution in [2.75, 3.05) is 72.9 Å². The van der Waals surface area contributed by atoms with Crippen LogP contribution in [-0.4, -0.2) is 156 Å². The molecule has 0 spiro atoms. The zero-order chi connectivity index (χ0) is 48.1. The Balaban J connectivity index is 1.14. The molecular formula is C52H65N8O8S+. The van der Waals surface area contributed by atoms with Crippen LogP contribution in [0.25, 0.3) is 33.4 Å². The number of hydrogen-bond donors (Lipinski definition) is 2. The van der Waals surface area contributed by atoms with E-state index in [0.29, 0.717) is 82.7 Å². The van der Waals surface area contributed by atoms with Crippen LogP contribution in [0.2, 0.25) is 0 Å². The number of esters is 1. The summed E-state index contributed by atoms with van der Waals surface area (Å²) in [7, 11) is 1.70. The number of hydrazine groups is 1. The number of hydrogen-bond acceptors (Lipinski definition) is 13. The van der Waals surface area contributed by atoms with Gasteiger partial charge in [-0.2, -0.15) is 0 Å². The van der Waals surface area contributed by atoms with Gasteiger partial charge in [-0.3, -0.25) is 29.3 Å². The Morgan fingerprint density at radius 1 is 1.10 bits per heavy atom. The van der Waals surface area contributed by atoms with Crippen molar-refractivity contribution >= 4 is 45.7 Å². The number of ether oxygens (including phenoxy) is 5. The second-order valence-electron chi connectivity index (χ2n) is 20.3. The highest BCUT2D eigenvalue weighted by atomic mass is 32.1. The molecule has 8 bridgehead atoms. The van der Waals surface area contributed by atoms with E-state index in [1.807, 2.05) is 25.4 Å². The average Bonchev–Trinajstić information content (AvgIpc) is 3.95. The maximum absolute atomic E-state index is 15.2. The van der Waals surface area contributed by atoms with Gasteiger partial charge in [0, 0.05) is 83.3 Å². The van der Waals surface area contributed by atoms with Gasteiger partial charge < -0.3 is 33.6 Å². The van der Waals surface area contributed by atoms with Crippen molar-refractivity contribution < 1.29 is 42.6 Å². The SMILES string of the molecule is CCn1c(-c2cc(C#C[C@@H](C)N3CCOCC3)cnc2[C@H](C)OC)c2c3cc(ccc31)-c1csc(n1)C(=[N+]1CCOCC1)[C@H](NC(=O)[C@H]1OC[C@@H]1C)C(=O)N1N[C@H](C(=O)OCC(C)(C)C2)C2CC1C2. The molecular weight excluding hydrogens is 897 g/mol. The normalized spacial score (nSPS) is 27.0. The molecule has 1 saturated carbocycles. The first kappa shape index (κ1) is 47.6. The van der Waals surface area contributed by atoms with E-state index in [1.54, 1.807) is 12.1 Å². The Labute approximate surface area is 408 Å². The molecule has 6 aliphatic heterocycles. The molecule has 6 fully saturated rings. The first-order valence-electron chi connectivity index (χ1n) is 24.7. The zero-order valence-corrected chi connectivity index (χ0v) is 41.7. The van der Waals surface area contributed by atoms with E-state index in [2.05, 4.69) is 88.6 Å². The predicted molar refractivity (Wildman–Crippen MR) is 261 cm³/mol. The number of aryl methyl sites for hydroxylation is 1. The van der Waals surface area contributed by atoms with Crippen molar-refractivity contribution in [3.63, 3.8) is 0 Å².